The third-order valence-electron chi connectivity index (χ3n) is 8.46. The summed E-state index contributed by atoms with van der Waals surface area (Å²) >= 11 is 0. The molecule has 0 radical (unpaired) electrons. The zero-order chi connectivity index (χ0) is 34.0. The molecule has 3 aromatic rings. The van der Waals surface area contributed by atoms with Crippen LogP contribution in [0.4, 0.5) is 0 Å². The van der Waals surface area contributed by atoms with Crippen LogP contribution >= 0.6 is 0 Å². The summed E-state index contributed by atoms with van der Waals surface area (Å²) < 4.78 is 18.6. The Morgan fingerprint density at radius 1 is 1.13 bits per heavy atom. The Bertz CT molecular complexity index is 1570. The lowest BCUT2D eigenvalue weighted by molar-refractivity contribution is -0.156. The van der Waals surface area contributed by atoms with Crippen molar-refractivity contribution in [3.05, 3.63) is 59.4 Å². The molecule has 12 heteroatoms. The molecule has 2 aliphatic heterocycles. The van der Waals surface area contributed by atoms with E-state index >= 15 is 0 Å². The number of methoxy groups -OCH3 is 1. The van der Waals surface area contributed by atoms with Crippen LogP contribution in [-0.2, 0) is 25.5 Å². The number of nitrogens with one attached hydrogen (secondary N) is 2. The molecule has 0 saturated heterocycles. The van der Waals surface area contributed by atoms with Gasteiger partial charge in [-0.15, -0.1) is 0 Å². The Kier molecular flexibility index (Phi) is 12.2. The average Bonchev–Trinajstić information content (AvgIpc) is 3.49. The fourth-order valence-electron chi connectivity index (χ4n) is 5.84. The summed E-state index contributed by atoms with van der Waals surface area (Å²) in [5.41, 5.74) is 1.84. The van der Waals surface area contributed by atoms with Gasteiger partial charge in [-0.05, 0) is 74.8 Å². The van der Waals surface area contributed by atoms with Gasteiger partial charge in [0, 0.05) is 38.8 Å². The van der Waals surface area contributed by atoms with Gasteiger partial charge in [-0.25, -0.2) is 4.52 Å². The third-order valence-corrected chi connectivity index (χ3v) is 8.46. The number of aryl methyl sites for hydroxylation is 1. The highest BCUT2D eigenvalue weighted by molar-refractivity contribution is 6.01. The van der Waals surface area contributed by atoms with E-state index in [2.05, 4.69) is 29.6 Å². The maximum atomic E-state index is 13.8. The molecule has 47 heavy (non-hydrogen) atoms. The number of amides is 3. The summed E-state index contributed by atoms with van der Waals surface area (Å²) in [6, 6.07) is 9.12. The Morgan fingerprint density at radius 2 is 1.94 bits per heavy atom. The number of fused-ring (bicyclic) bond motifs is 17. The molecular weight excluding hydrogens is 602 g/mol. The fraction of sp³-hybridized carbons (Fsp3) is 0.514. The molecule has 0 spiro atoms. The first kappa shape index (κ1) is 35.2. The van der Waals surface area contributed by atoms with Crippen molar-refractivity contribution in [3.63, 3.8) is 0 Å². The molecule has 2 aliphatic rings. The molecule has 4 heterocycles. The Hall–Kier alpha value is -4.61. The molecule has 2 bridgehead atoms. The lowest BCUT2D eigenvalue weighted by atomic mass is 9.76. The number of hydrogen-bond acceptors (Lipinski definition) is 8. The van der Waals surface area contributed by atoms with Crippen molar-refractivity contribution in [1.82, 2.24) is 25.1 Å². The minimum atomic E-state index is -1.02. The topological polar surface area (TPSA) is 141 Å². The average molecular weight is 650 g/mol. The van der Waals surface area contributed by atoms with Gasteiger partial charge >= 0.3 is 5.97 Å². The van der Waals surface area contributed by atoms with E-state index in [1.807, 2.05) is 25.1 Å². The molecule has 0 aliphatic carbocycles. The molecule has 3 amide bonds. The highest BCUT2D eigenvalue weighted by atomic mass is 16.5. The van der Waals surface area contributed by atoms with E-state index in [1.54, 1.807) is 40.9 Å². The lowest BCUT2D eigenvalue weighted by Crippen LogP contribution is -2.46. The third kappa shape index (κ3) is 9.02. The summed E-state index contributed by atoms with van der Waals surface area (Å²) in [7, 11) is 1.51. The molecule has 5 rings (SSSR count). The minimum absolute atomic E-state index is 0.0979. The first-order chi connectivity index (χ1) is 22.6. The Morgan fingerprint density at radius 3 is 2.68 bits per heavy atom. The lowest BCUT2D eigenvalue weighted by Gasteiger charge is -2.33. The first-order valence-electron chi connectivity index (χ1n) is 16.3. The molecule has 0 fully saturated rings. The molecule has 254 valence electrons. The SMILES string of the molecule is CCOC(=O)C1(CCC(C)C)CNC(=O)CCCN(C(=O)c2cnn3cccc(C)c23)CCNC(=O)COc2ccc(cc2OC)C1. The van der Waals surface area contributed by atoms with E-state index < -0.39 is 5.41 Å². The van der Waals surface area contributed by atoms with Crippen molar-refractivity contribution in [3.8, 4) is 11.5 Å². The molecule has 1 unspecified atom stereocenters. The maximum absolute atomic E-state index is 13.8. The van der Waals surface area contributed by atoms with Crippen molar-refractivity contribution in [2.24, 2.45) is 11.3 Å². The predicted molar refractivity (Wildman–Crippen MR) is 176 cm³/mol. The maximum Gasteiger partial charge on any atom is 0.314 e. The minimum Gasteiger partial charge on any atom is -0.493 e. The molecular formula is C35H47N5O7. The van der Waals surface area contributed by atoms with Gasteiger partial charge in [-0.3, -0.25) is 19.2 Å². The van der Waals surface area contributed by atoms with Gasteiger partial charge in [0.1, 0.15) is 0 Å². The Balaban J connectivity index is 1.63. The number of carbonyl (C=O) groups excluding carboxylic acids is 4. The van der Waals surface area contributed by atoms with Gasteiger partial charge in [0.25, 0.3) is 11.8 Å². The van der Waals surface area contributed by atoms with Gasteiger partial charge in [0.05, 0.1) is 36.4 Å². The normalized spacial score (nSPS) is 18.5. The molecule has 12 nitrogen and oxygen atoms in total. The van der Waals surface area contributed by atoms with Crippen molar-refractivity contribution >= 4 is 29.2 Å². The number of benzene rings is 1. The van der Waals surface area contributed by atoms with Crippen LogP contribution < -0.4 is 20.1 Å². The van der Waals surface area contributed by atoms with E-state index in [0.29, 0.717) is 47.8 Å². The van der Waals surface area contributed by atoms with Crippen molar-refractivity contribution in [2.45, 2.75) is 59.8 Å². The van der Waals surface area contributed by atoms with Crippen molar-refractivity contribution in [1.29, 1.82) is 0 Å². The molecule has 1 atom stereocenters. The van der Waals surface area contributed by atoms with Gasteiger partial charge < -0.3 is 29.7 Å². The summed E-state index contributed by atoms with van der Waals surface area (Å²) in [5.74, 6) is -0.0846. The number of rotatable bonds is 7. The number of carbonyl (C=O) groups is 4. The van der Waals surface area contributed by atoms with Crippen LogP contribution in [0.15, 0.2) is 42.7 Å². The summed E-state index contributed by atoms with van der Waals surface area (Å²) in [4.78, 5) is 55.0. The van der Waals surface area contributed by atoms with Crippen LogP contribution in [0.3, 0.4) is 0 Å². The zero-order valence-corrected chi connectivity index (χ0v) is 28.1. The highest BCUT2D eigenvalue weighted by Crippen LogP contribution is 2.35. The van der Waals surface area contributed by atoms with Crippen LogP contribution in [-0.4, -0.2) is 84.7 Å². The van der Waals surface area contributed by atoms with Gasteiger partial charge in [-0.1, -0.05) is 26.0 Å². The number of pyridine rings is 1. The molecule has 2 N–H and O–H groups in total. The van der Waals surface area contributed by atoms with Gasteiger partial charge in [-0.2, -0.15) is 5.10 Å². The van der Waals surface area contributed by atoms with Crippen molar-refractivity contribution in [2.75, 3.05) is 46.5 Å². The van der Waals surface area contributed by atoms with E-state index in [9.17, 15) is 19.2 Å². The summed E-state index contributed by atoms with van der Waals surface area (Å²) in [5, 5.41) is 10.2. The van der Waals surface area contributed by atoms with E-state index in [4.69, 9.17) is 14.2 Å². The predicted octanol–water partition coefficient (Wildman–Crippen LogP) is 3.73. The van der Waals surface area contributed by atoms with Crippen LogP contribution in [0.2, 0.25) is 0 Å². The van der Waals surface area contributed by atoms with E-state index in [-0.39, 0.29) is 69.5 Å². The van der Waals surface area contributed by atoms with Crippen LogP contribution in [0, 0.1) is 18.3 Å². The molecule has 2 aromatic heterocycles. The number of hydrogen-bond donors (Lipinski definition) is 2. The Labute approximate surface area is 276 Å². The summed E-state index contributed by atoms with van der Waals surface area (Å²) in [6.45, 7) is 8.60. The zero-order valence-electron chi connectivity index (χ0n) is 28.1. The fourth-order valence-corrected chi connectivity index (χ4v) is 5.84. The van der Waals surface area contributed by atoms with Gasteiger partial charge in [0.15, 0.2) is 18.1 Å². The van der Waals surface area contributed by atoms with Gasteiger partial charge in [0.2, 0.25) is 5.91 Å². The van der Waals surface area contributed by atoms with Crippen LogP contribution in [0.1, 0.15) is 67.9 Å². The number of aromatic nitrogens is 2. The number of esters is 1. The second-order valence-electron chi connectivity index (χ2n) is 12.4. The number of nitrogens with zero attached hydrogens (tertiary/aromatic N) is 3. The number of ether oxygens (including phenoxy) is 3. The standard InChI is InChI=1S/C35H47N5O7/c1-6-46-34(44)35(14-13-24(2)3)20-26-11-12-28(29(19-26)45-5)47-22-31(42)36-15-18-39(16-8-10-30(41)37-23-35)33(43)27-21-38-40-17-7-9-25(4)32(27)40/h7,9,11-12,17,19,21,24H,6,8,10,13-16,18,20,22-23H2,1-5H3,(H,36,42)(H,37,41). The van der Waals surface area contributed by atoms with Crippen LogP contribution in [0.25, 0.3) is 5.52 Å². The highest BCUT2D eigenvalue weighted by Gasteiger charge is 2.40. The quantitative estimate of drug-likeness (QED) is 0.292. The summed E-state index contributed by atoms with van der Waals surface area (Å²) in [6.07, 6.45) is 5.41. The van der Waals surface area contributed by atoms with E-state index in [1.165, 1.54) is 7.11 Å². The second-order valence-corrected chi connectivity index (χ2v) is 12.4. The second kappa shape index (κ2) is 16.3. The molecule has 0 saturated carbocycles. The first-order valence-corrected chi connectivity index (χ1v) is 16.3. The van der Waals surface area contributed by atoms with Crippen molar-refractivity contribution < 1.29 is 33.4 Å². The molecule has 1 aromatic carbocycles. The van der Waals surface area contributed by atoms with Crippen LogP contribution in [0.5, 0.6) is 11.5 Å². The monoisotopic (exact) mass is 649 g/mol. The smallest absolute Gasteiger partial charge is 0.314 e. The van der Waals surface area contributed by atoms with E-state index in [0.717, 1.165) is 17.5 Å². The largest absolute Gasteiger partial charge is 0.493 e.